The van der Waals surface area contributed by atoms with Crippen LogP contribution < -0.4 is 0 Å². The van der Waals surface area contributed by atoms with Gasteiger partial charge in [0, 0.05) is 24.4 Å². The van der Waals surface area contributed by atoms with Gasteiger partial charge in [-0.3, -0.25) is 0 Å². The molecule has 0 aliphatic carbocycles. The van der Waals surface area contributed by atoms with E-state index in [1.807, 2.05) is 6.20 Å². The van der Waals surface area contributed by atoms with Crippen LogP contribution in [0.5, 0.6) is 0 Å². The first-order chi connectivity index (χ1) is 5.29. The van der Waals surface area contributed by atoms with E-state index in [1.165, 1.54) is 18.7 Å². The van der Waals surface area contributed by atoms with Gasteiger partial charge in [-0.05, 0) is 19.8 Å². The minimum Gasteiger partial charge on any atom is -0.332 e. The first-order valence-electron chi connectivity index (χ1n) is 4.32. The predicted molar refractivity (Wildman–Crippen MR) is 44.6 cm³/mol. The summed E-state index contributed by atoms with van der Waals surface area (Å²) in [5.41, 5.74) is 0. The van der Waals surface area contributed by atoms with Gasteiger partial charge in [-0.2, -0.15) is 0 Å². The van der Waals surface area contributed by atoms with Crippen LogP contribution in [-0.4, -0.2) is 9.55 Å². The van der Waals surface area contributed by atoms with Crippen LogP contribution >= 0.6 is 0 Å². The summed E-state index contributed by atoms with van der Waals surface area (Å²) < 4.78 is 2.30. The fraction of sp³-hybridized carbons (Fsp3) is 0.667. The van der Waals surface area contributed by atoms with Gasteiger partial charge < -0.3 is 4.57 Å². The molecule has 0 radical (unpaired) electrons. The Morgan fingerprint density at radius 3 is 3.00 bits per heavy atom. The summed E-state index contributed by atoms with van der Waals surface area (Å²) in [4.78, 5) is 4.35. The standard InChI is InChI=1S/C9H14N2/c1-7-3-4-8(2)11-6-5-10-9(7)11/h5-8H,3-4H2,1-2H3. The van der Waals surface area contributed by atoms with Crippen molar-refractivity contribution < 1.29 is 0 Å². The van der Waals surface area contributed by atoms with Gasteiger partial charge in [0.05, 0.1) is 0 Å². The fourth-order valence-electron chi connectivity index (χ4n) is 1.84. The minimum absolute atomic E-state index is 0.654. The predicted octanol–water partition coefficient (Wildman–Crippen LogP) is 2.34. The molecule has 1 aromatic heterocycles. The molecule has 0 fully saturated rings. The summed E-state index contributed by atoms with van der Waals surface area (Å²) in [6.45, 7) is 4.52. The molecule has 2 unspecified atom stereocenters. The summed E-state index contributed by atoms with van der Waals surface area (Å²) in [5.74, 6) is 1.92. The van der Waals surface area contributed by atoms with E-state index in [-0.39, 0.29) is 0 Å². The van der Waals surface area contributed by atoms with Crippen molar-refractivity contribution >= 4 is 0 Å². The first kappa shape index (κ1) is 6.89. The quantitative estimate of drug-likeness (QED) is 0.555. The normalized spacial score (nSPS) is 30.0. The highest BCUT2D eigenvalue weighted by Gasteiger charge is 2.21. The third kappa shape index (κ3) is 0.971. The molecule has 11 heavy (non-hydrogen) atoms. The van der Waals surface area contributed by atoms with E-state index < -0.39 is 0 Å². The average Bonchev–Trinajstić information content (AvgIpc) is 2.45. The molecule has 0 N–H and O–H groups in total. The second-order valence-electron chi connectivity index (χ2n) is 3.52. The lowest BCUT2D eigenvalue weighted by Crippen LogP contribution is -2.17. The van der Waals surface area contributed by atoms with Crippen LogP contribution in [0.3, 0.4) is 0 Å². The van der Waals surface area contributed by atoms with Crippen molar-refractivity contribution in [3.05, 3.63) is 18.2 Å². The number of fused-ring (bicyclic) bond motifs is 1. The number of nitrogens with zero attached hydrogens (tertiary/aromatic N) is 2. The summed E-state index contributed by atoms with van der Waals surface area (Å²) in [5, 5.41) is 0. The summed E-state index contributed by atoms with van der Waals surface area (Å²) >= 11 is 0. The SMILES string of the molecule is CC1CCC(C)n2ccnc21. The van der Waals surface area contributed by atoms with Crippen molar-refractivity contribution in [2.75, 3.05) is 0 Å². The molecule has 60 valence electrons. The Balaban J connectivity index is 2.43. The zero-order valence-corrected chi connectivity index (χ0v) is 7.12. The molecule has 0 amide bonds. The minimum atomic E-state index is 0.654. The number of imidazole rings is 1. The maximum Gasteiger partial charge on any atom is 0.111 e. The third-order valence-corrected chi connectivity index (χ3v) is 2.63. The van der Waals surface area contributed by atoms with Crippen molar-refractivity contribution in [3.8, 4) is 0 Å². The van der Waals surface area contributed by atoms with Gasteiger partial charge in [-0.1, -0.05) is 6.92 Å². The molecule has 1 aliphatic heterocycles. The highest BCUT2D eigenvalue weighted by Crippen LogP contribution is 2.31. The topological polar surface area (TPSA) is 17.8 Å². The van der Waals surface area contributed by atoms with Crippen LogP contribution in [-0.2, 0) is 0 Å². The number of hydrogen-bond acceptors (Lipinski definition) is 1. The third-order valence-electron chi connectivity index (χ3n) is 2.63. The number of rotatable bonds is 0. The zero-order valence-electron chi connectivity index (χ0n) is 7.12. The molecule has 2 atom stereocenters. The molecular formula is C9H14N2. The molecular weight excluding hydrogens is 136 g/mol. The van der Waals surface area contributed by atoms with E-state index in [0.29, 0.717) is 12.0 Å². The Labute approximate surface area is 67.3 Å². The van der Waals surface area contributed by atoms with Crippen LogP contribution in [0.2, 0.25) is 0 Å². The Morgan fingerprint density at radius 1 is 1.45 bits per heavy atom. The second kappa shape index (κ2) is 2.36. The van der Waals surface area contributed by atoms with E-state index in [9.17, 15) is 0 Å². The van der Waals surface area contributed by atoms with Gasteiger partial charge in [0.1, 0.15) is 5.82 Å². The van der Waals surface area contributed by atoms with Crippen molar-refractivity contribution in [3.63, 3.8) is 0 Å². The number of hydrogen-bond donors (Lipinski definition) is 0. The average molecular weight is 150 g/mol. The van der Waals surface area contributed by atoms with Crippen molar-refractivity contribution in [1.82, 2.24) is 9.55 Å². The summed E-state index contributed by atoms with van der Waals surface area (Å²) in [7, 11) is 0. The maximum atomic E-state index is 4.35. The van der Waals surface area contributed by atoms with Gasteiger partial charge in [0.15, 0.2) is 0 Å². The molecule has 1 aromatic rings. The molecule has 0 saturated carbocycles. The molecule has 2 nitrogen and oxygen atoms in total. The number of aromatic nitrogens is 2. The molecule has 0 aromatic carbocycles. The van der Waals surface area contributed by atoms with E-state index in [1.54, 1.807) is 0 Å². The largest absolute Gasteiger partial charge is 0.332 e. The van der Waals surface area contributed by atoms with Crippen LogP contribution in [0.1, 0.15) is 44.5 Å². The molecule has 0 bridgehead atoms. The molecule has 2 rings (SSSR count). The lowest BCUT2D eigenvalue weighted by Gasteiger charge is -2.25. The molecule has 0 spiro atoms. The van der Waals surface area contributed by atoms with Gasteiger partial charge in [-0.25, -0.2) is 4.98 Å². The molecule has 2 heterocycles. The lowest BCUT2D eigenvalue weighted by atomic mass is 9.97. The fourth-order valence-corrected chi connectivity index (χ4v) is 1.84. The Morgan fingerprint density at radius 2 is 2.27 bits per heavy atom. The lowest BCUT2D eigenvalue weighted by molar-refractivity contribution is 0.387. The highest BCUT2D eigenvalue weighted by molar-refractivity contribution is 5.03. The van der Waals surface area contributed by atoms with E-state index in [0.717, 1.165) is 0 Å². The van der Waals surface area contributed by atoms with Crippen molar-refractivity contribution in [2.24, 2.45) is 0 Å². The van der Waals surface area contributed by atoms with Gasteiger partial charge in [0.2, 0.25) is 0 Å². The van der Waals surface area contributed by atoms with Crippen LogP contribution in [0.4, 0.5) is 0 Å². The summed E-state index contributed by atoms with van der Waals surface area (Å²) in [6, 6.07) is 0.656. The Bertz CT molecular complexity index is 227. The Kier molecular flexibility index (Phi) is 1.48. The maximum absolute atomic E-state index is 4.35. The molecule has 0 saturated heterocycles. The second-order valence-corrected chi connectivity index (χ2v) is 3.52. The van der Waals surface area contributed by atoms with Crippen LogP contribution in [0, 0.1) is 0 Å². The first-order valence-corrected chi connectivity index (χ1v) is 4.32. The van der Waals surface area contributed by atoms with E-state index >= 15 is 0 Å². The smallest absolute Gasteiger partial charge is 0.111 e. The van der Waals surface area contributed by atoms with Gasteiger partial charge in [-0.15, -0.1) is 0 Å². The van der Waals surface area contributed by atoms with E-state index in [4.69, 9.17) is 0 Å². The van der Waals surface area contributed by atoms with Crippen LogP contribution in [0.25, 0.3) is 0 Å². The van der Waals surface area contributed by atoms with Gasteiger partial charge in [0.25, 0.3) is 0 Å². The monoisotopic (exact) mass is 150 g/mol. The summed E-state index contributed by atoms with van der Waals surface area (Å²) in [6.07, 6.45) is 6.59. The van der Waals surface area contributed by atoms with Gasteiger partial charge >= 0.3 is 0 Å². The molecule has 1 aliphatic rings. The zero-order chi connectivity index (χ0) is 7.84. The van der Waals surface area contributed by atoms with Crippen molar-refractivity contribution in [2.45, 2.75) is 38.6 Å². The molecule has 2 heteroatoms. The highest BCUT2D eigenvalue weighted by atomic mass is 15.1. The van der Waals surface area contributed by atoms with Crippen molar-refractivity contribution in [1.29, 1.82) is 0 Å². The Hall–Kier alpha value is -0.790. The van der Waals surface area contributed by atoms with E-state index in [2.05, 4.69) is 29.6 Å². The van der Waals surface area contributed by atoms with Crippen LogP contribution in [0.15, 0.2) is 12.4 Å².